The van der Waals surface area contributed by atoms with Gasteiger partial charge in [-0.3, -0.25) is 4.79 Å². The van der Waals surface area contributed by atoms with Crippen LogP contribution in [0.5, 0.6) is 0 Å². The molecule has 1 aliphatic carbocycles. The van der Waals surface area contributed by atoms with Gasteiger partial charge >= 0.3 is 0 Å². The van der Waals surface area contributed by atoms with Gasteiger partial charge in [0.2, 0.25) is 0 Å². The molecule has 0 saturated heterocycles. The van der Waals surface area contributed by atoms with Crippen LogP contribution in [0, 0.1) is 5.92 Å². The van der Waals surface area contributed by atoms with E-state index in [9.17, 15) is 9.90 Å². The molecule has 1 aromatic carbocycles. The summed E-state index contributed by atoms with van der Waals surface area (Å²) in [4.78, 5) is 14.3. The Bertz CT molecular complexity index is 593. The zero-order valence-electron chi connectivity index (χ0n) is 14.9. The van der Waals surface area contributed by atoms with Crippen molar-refractivity contribution in [3.05, 3.63) is 42.0 Å². The molecule has 1 heterocycles. The highest BCUT2D eigenvalue weighted by Crippen LogP contribution is 2.28. The van der Waals surface area contributed by atoms with Gasteiger partial charge in [0.1, 0.15) is 6.10 Å². The molecule has 1 fully saturated rings. The minimum Gasteiger partial charge on any atom is -0.382 e. The lowest BCUT2D eigenvalue weighted by molar-refractivity contribution is -0.141. The van der Waals surface area contributed by atoms with Gasteiger partial charge in [0.25, 0.3) is 5.91 Å². The van der Waals surface area contributed by atoms with Crippen LogP contribution in [0.15, 0.2) is 36.4 Å². The number of rotatable bonds is 5. The number of aliphatic hydroxyl groups excluding tert-OH is 1. The minimum absolute atomic E-state index is 0.216. The fourth-order valence-corrected chi connectivity index (χ4v) is 4.09. The van der Waals surface area contributed by atoms with Gasteiger partial charge in [-0.15, -0.1) is 0 Å². The second kappa shape index (κ2) is 8.63. The number of benzene rings is 1. The van der Waals surface area contributed by atoms with Crippen LogP contribution in [0.3, 0.4) is 0 Å². The van der Waals surface area contributed by atoms with E-state index in [4.69, 9.17) is 5.73 Å². The fourth-order valence-electron chi connectivity index (χ4n) is 4.09. The minimum atomic E-state index is -1.08. The monoisotopic (exact) mass is 342 g/mol. The van der Waals surface area contributed by atoms with E-state index in [-0.39, 0.29) is 5.91 Å². The largest absolute Gasteiger partial charge is 0.382 e. The van der Waals surface area contributed by atoms with E-state index in [0.29, 0.717) is 19.0 Å². The maximum atomic E-state index is 12.6. The van der Waals surface area contributed by atoms with Crippen molar-refractivity contribution >= 4 is 11.5 Å². The quantitative estimate of drug-likeness (QED) is 0.864. The summed E-state index contributed by atoms with van der Waals surface area (Å²) in [5.41, 5.74) is 8.64. The van der Waals surface area contributed by atoms with Gasteiger partial charge in [-0.25, -0.2) is 0 Å². The van der Waals surface area contributed by atoms with Crippen LogP contribution in [-0.4, -0.2) is 41.1 Å². The molecule has 0 spiro atoms. The van der Waals surface area contributed by atoms with Gasteiger partial charge in [-0.1, -0.05) is 68.5 Å². The number of aliphatic hydroxyl groups is 1. The molecule has 3 rings (SSSR count). The van der Waals surface area contributed by atoms with Crippen molar-refractivity contribution in [3.63, 3.8) is 0 Å². The molecule has 0 bridgehead atoms. The SMILES string of the molecule is N[C@H](CC1CCCCC1)C(O)C(=O)N1CC=C(c2ccccc2)CC1. The number of nitrogens with two attached hydrogens (primary N) is 1. The first kappa shape index (κ1) is 18.2. The van der Waals surface area contributed by atoms with E-state index < -0.39 is 12.1 Å². The van der Waals surface area contributed by atoms with Crippen LogP contribution < -0.4 is 5.73 Å². The molecule has 25 heavy (non-hydrogen) atoms. The van der Waals surface area contributed by atoms with E-state index in [0.717, 1.165) is 12.8 Å². The normalized spacial score (nSPS) is 21.5. The third-order valence-corrected chi connectivity index (χ3v) is 5.65. The maximum absolute atomic E-state index is 12.6. The Labute approximate surface area is 150 Å². The lowest BCUT2D eigenvalue weighted by Crippen LogP contribution is -2.50. The third-order valence-electron chi connectivity index (χ3n) is 5.65. The highest BCUT2D eigenvalue weighted by Gasteiger charge is 2.30. The molecule has 2 atom stereocenters. The number of hydrogen-bond acceptors (Lipinski definition) is 3. The van der Waals surface area contributed by atoms with Gasteiger partial charge in [-0.05, 0) is 29.9 Å². The summed E-state index contributed by atoms with van der Waals surface area (Å²) in [6.07, 6.45) is 8.76. The Hall–Kier alpha value is -1.65. The van der Waals surface area contributed by atoms with E-state index in [1.54, 1.807) is 4.90 Å². The lowest BCUT2D eigenvalue weighted by Gasteiger charge is -2.32. The standard InChI is InChI=1S/C21H30N2O2/c22-19(15-16-7-3-1-4-8-16)20(24)21(25)23-13-11-18(12-14-23)17-9-5-2-6-10-17/h2,5-6,9-11,16,19-20,24H,1,3-4,7-8,12-15,22H2/t19-,20?/m1/s1. The third kappa shape index (κ3) is 4.71. The molecule has 136 valence electrons. The fraction of sp³-hybridized carbons (Fsp3) is 0.571. The zero-order chi connectivity index (χ0) is 17.6. The van der Waals surface area contributed by atoms with Crippen LogP contribution in [0.2, 0.25) is 0 Å². The average Bonchev–Trinajstić information content (AvgIpc) is 2.68. The summed E-state index contributed by atoms with van der Waals surface area (Å²) in [5, 5.41) is 10.4. The Kier molecular flexibility index (Phi) is 6.27. The molecule has 3 N–H and O–H groups in total. The van der Waals surface area contributed by atoms with Gasteiger partial charge in [0.15, 0.2) is 0 Å². The van der Waals surface area contributed by atoms with Crippen molar-refractivity contribution in [2.24, 2.45) is 11.7 Å². The average molecular weight is 342 g/mol. The van der Waals surface area contributed by atoms with Crippen LogP contribution in [0.1, 0.15) is 50.5 Å². The predicted octanol–water partition coefficient (Wildman–Crippen LogP) is 2.96. The first-order valence-corrected chi connectivity index (χ1v) is 9.62. The van der Waals surface area contributed by atoms with Crippen LogP contribution in [0.4, 0.5) is 0 Å². The smallest absolute Gasteiger partial charge is 0.253 e. The molecule has 1 unspecified atom stereocenters. The molecule has 1 aromatic rings. The van der Waals surface area contributed by atoms with Crippen molar-refractivity contribution < 1.29 is 9.90 Å². The summed E-state index contributed by atoms with van der Waals surface area (Å²) in [5.74, 6) is 0.351. The number of nitrogens with zero attached hydrogens (tertiary/aromatic N) is 1. The first-order chi connectivity index (χ1) is 12.1. The van der Waals surface area contributed by atoms with Gasteiger partial charge < -0.3 is 15.7 Å². The zero-order valence-corrected chi connectivity index (χ0v) is 14.9. The molecule has 0 radical (unpaired) electrons. The Morgan fingerprint density at radius 2 is 1.92 bits per heavy atom. The summed E-state index contributed by atoms with van der Waals surface area (Å²) < 4.78 is 0. The molecule has 0 aromatic heterocycles. The summed E-state index contributed by atoms with van der Waals surface area (Å²) in [7, 11) is 0. The Morgan fingerprint density at radius 3 is 2.56 bits per heavy atom. The van der Waals surface area contributed by atoms with Crippen LogP contribution in [0.25, 0.3) is 5.57 Å². The second-order valence-corrected chi connectivity index (χ2v) is 7.48. The molecule has 1 aliphatic heterocycles. The lowest BCUT2D eigenvalue weighted by atomic mass is 9.84. The van der Waals surface area contributed by atoms with Gasteiger partial charge in [-0.2, -0.15) is 0 Å². The van der Waals surface area contributed by atoms with E-state index >= 15 is 0 Å². The molecule has 1 saturated carbocycles. The number of hydrogen-bond donors (Lipinski definition) is 2. The number of carbonyl (C=O) groups excluding carboxylic acids is 1. The number of amides is 1. The first-order valence-electron chi connectivity index (χ1n) is 9.62. The van der Waals surface area contributed by atoms with Crippen molar-refractivity contribution in [1.82, 2.24) is 4.90 Å². The predicted molar refractivity (Wildman–Crippen MR) is 101 cm³/mol. The molecule has 2 aliphatic rings. The molecular weight excluding hydrogens is 312 g/mol. The Morgan fingerprint density at radius 1 is 1.20 bits per heavy atom. The summed E-state index contributed by atoms with van der Waals surface area (Å²) in [6, 6.07) is 9.81. The number of carbonyl (C=O) groups is 1. The summed E-state index contributed by atoms with van der Waals surface area (Å²) >= 11 is 0. The van der Waals surface area contributed by atoms with Gasteiger partial charge in [0.05, 0.1) is 0 Å². The molecule has 4 nitrogen and oxygen atoms in total. The molecule has 1 amide bonds. The maximum Gasteiger partial charge on any atom is 0.253 e. The highest BCUT2D eigenvalue weighted by atomic mass is 16.3. The van der Waals surface area contributed by atoms with E-state index in [2.05, 4.69) is 18.2 Å². The van der Waals surface area contributed by atoms with Crippen molar-refractivity contribution in [3.8, 4) is 0 Å². The highest BCUT2D eigenvalue weighted by molar-refractivity contribution is 5.82. The molecular formula is C21H30N2O2. The summed E-state index contributed by atoms with van der Waals surface area (Å²) in [6.45, 7) is 1.20. The van der Waals surface area contributed by atoms with Crippen LogP contribution in [-0.2, 0) is 4.79 Å². The molecule has 4 heteroatoms. The van der Waals surface area contributed by atoms with E-state index in [1.807, 2.05) is 18.2 Å². The van der Waals surface area contributed by atoms with Crippen LogP contribution >= 0.6 is 0 Å². The Balaban J connectivity index is 1.53. The van der Waals surface area contributed by atoms with Crippen molar-refractivity contribution in [2.75, 3.05) is 13.1 Å². The van der Waals surface area contributed by atoms with E-state index in [1.165, 1.54) is 43.2 Å². The topological polar surface area (TPSA) is 66.6 Å². The van der Waals surface area contributed by atoms with Gasteiger partial charge in [0, 0.05) is 19.1 Å². The van der Waals surface area contributed by atoms with Crippen molar-refractivity contribution in [2.45, 2.75) is 57.1 Å². The van der Waals surface area contributed by atoms with Crippen molar-refractivity contribution in [1.29, 1.82) is 0 Å². The second-order valence-electron chi connectivity index (χ2n) is 7.48.